The summed E-state index contributed by atoms with van der Waals surface area (Å²) in [6, 6.07) is 0. The van der Waals surface area contributed by atoms with Crippen molar-refractivity contribution in [3.63, 3.8) is 0 Å². The van der Waals surface area contributed by atoms with Gasteiger partial charge in [-0.15, -0.1) is 0 Å². The Morgan fingerprint density at radius 3 is 2.62 bits per heavy atom. The van der Waals surface area contributed by atoms with Crippen molar-refractivity contribution in [3.8, 4) is 0 Å². The molecule has 0 unspecified atom stereocenters. The number of nitrogens with zero attached hydrogens (tertiary/aromatic N) is 3. The molecule has 0 amide bonds. The number of anilines is 1. The van der Waals surface area contributed by atoms with Gasteiger partial charge in [-0.1, -0.05) is 11.6 Å². The average Bonchev–Trinajstić information content (AvgIpc) is 3.11. The van der Waals surface area contributed by atoms with Gasteiger partial charge >= 0.3 is 24.8 Å². The van der Waals surface area contributed by atoms with Crippen LogP contribution in [0.4, 0.5) is 5.82 Å². The Morgan fingerprint density at radius 1 is 1.52 bits per heavy atom. The molecule has 1 atom stereocenters. The molecule has 1 fully saturated rings. The van der Waals surface area contributed by atoms with E-state index in [9.17, 15) is 4.79 Å². The van der Waals surface area contributed by atoms with Gasteiger partial charge in [0.15, 0.2) is 11.5 Å². The third-order valence-electron chi connectivity index (χ3n) is 2.70. The van der Waals surface area contributed by atoms with Crippen molar-refractivity contribution < 1.29 is 19.5 Å². The van der Waals surface area contributed by atoms with Crippen LogP contribution in [0, 0.1) is 0 Å². The van der Waals surface area contributed by atoms with Gasteiger partial charge in [-0.05, 0) is 25.4 Å². The summed E-state index contributed by atoms with van der Waals surface area (Å²) in [4.78, 5) is 24.1. The van der Waals surface area contributed by atoms with Crippen LogP contribution in [0.15, 0.2) is 0 Å². The van der Waals surface area contributed by atoms with Crippen LogP contribution in [-0.4, -0.2) is 65.3 Å². The zero-order chi connectivity index (χ0) is 14.9. The minimum atomic E-state index is -1.28. The summed E-state index contributed by atoms with van der Waals surface area (Å²) in [7, 11) is 0. The number of ether oxygens (including phenoxy) is 1. The van der Waals surface area contributed by atoms with Crippen LogP contribution in [0.5, 0.6) is 0 Å². The first-order chi connectivity index (χ1) is 9.36. The van der Waals surface area contributed by atoms with E-state index in [0.29, 0.717) is 19.8 Å². The molecule has 2 heterocycles. The Balaban J connectivity index is 0.00000220. The molecule has 2 rings (SSSR count). The fourth-order valence-corrected chi connectivity index (χ4v) is 1.86. The number of hydrogen-bond acceptors (Lipinski definition) is 6. The van der Waals surface area contributed by atoms with Crippen molar-refractivity contribution >= 4 is 53.8 Å². The summed E-state index contributed by atoms with van der Waals surface area (Å²) < 4.78 is 5.21. The van der Waals surface area contributed by atoms with E-state index in [1.807, 2.05) is 13.8 Å². The van der Waals surface area contributed by atoms with Crippen molar-refractivity contribution in [2.45, 2.75) is 19.4 Å². The molecule has 1 aromatic heterocycles. The van der Waals surface area contributed by atoms with Crippen LogP contribution in [0.2, 0.25) is 10.3 Å². The van der Waals surface area contributed by atoms with Crippen molar-refractivity contribution in [1.82, 2.24) is 9.97 Å². The second-order valence-electron chi connectivity index (χ2n) is 4.49. The van der Waals surface area contributed by atoms with Gasteiger partial charge in [0.1, 0.15) is 17.2 Å². The maximum atomic E-state index is 11.1. The van der Waals surface area contributed by atoms with Gasteiger partial charge in [-0.2, -0.15) is 4.98 Å². The molecule has 1 saturated heterocycles. The van der Waals surface area contributed by atoms with Gasteiger partial charge in [0.05, 0.1) is 6.61 Å². The normalized spacial score (nSPS) is 19.8. The number of hydrogen-bond donors (Lipinski definition) is 1. The SMILES string of the molecule is CCN(OC[C@]1(C)CO1)c1nc(Cl)nc(C(=O)O)c1Cl.[LiH]. The zero-order valence-corrected chi connectivity index (χ0v) is 12.4. The van der Waals surface area contributed by atoms with Crippen LogP contribution in [-0.2, 0) is 9.57 Å². The molecule has 0 aromatic carbocycles. The Kier molecular flexibility index (Phi) is 6.29. The van der Waals surface area contributed by atoms with Gasteiger partial charge < -0.3 is 9.84 Å². The summed E-state index contributed by atoms with van der Waals surface area (Å²) in [6.45, 7) is 5.04. The third-order valence-corrected chi connectivity index (χ3v) is 3.21. The monoisotopic (exact) mass is 329 g/mol. The molecule has 1 aliphatic rings. The van der Waals surface area contributed by atoms with E-state index < -0.39 is 5.97 Å². The Labute approximate surface area is 143 Å². The first-order valence-corrected chi connectivity index (χ1v) is 6.62. The molecular weight excluding hydrogens is 316 g/mol. The predicted molar refractivity (Wildman–Crippen MR) is 79.5 cm³/mol. The van der Waals surface area contributed by atoms with E-state index in [-0.39, 0.29) is 46.3 Å². The first-order valence-electron chi connectivity index (χ1n) is 5.87. The van der Waals surface area contributed by atoms with Gasteiger partial charge in [0, 0.05) is 6.54 Å². The molecule has 1 aliphatic heterocycles. The first kappa shape index (κ1) is 18.5. The van der Waals surface area contributed by atoms with E-state index in [1.165, 1.54) is 5.06 Å². The van der Waals surface area contributed by atoms with Crippen molar-refractivity contribution in [2.24, 2.45) is 0 Å². The van der Waals surface area contributed by atoms with Gasteiger partial charge in [-0.3, -0.25) is 4.84 Å². The topological polar surface area (TPSA) is 88.1 Å². The van der Waals surface area contributed by atoms with Crippen LogP contribution >= 0.6 is 23.2 Å². The van der Waals surface area contributed by atoms with Crippen LogP contribution < -0.4 is 5.06 Å². The van der Waals surface area contributed by atoms with Gasteiger partial charge in [-0.25, -0.2) is 14.8 Å². The maximum absolute atomic E-state index is 11.1. The molecule has 0 saturated carbocycles. The Morgan fingerprint density at radius 2 is 2.14 bits per heavy atom. The molecular formula is C11H14Cl2LiN3O4. The van der Waals surface area contributed by atoms with E-state index in [4.69, 9.17) is 37.9 Å². The predicted octanol–water partition coefficient (Wildman–Crippen LogP) is 1.38. The van der Waals surface area contributed by atoms with Gasteiger partial charge in [0.2, 0.25) is 5.28 Å². The van der Waals surface area contributed by atoms with Crippen molar-refractivity contribution in [2.75, 3.05) is 24.8 Å². The second-order valence-corrected chi connectivity index (χ2v) is 5.21. The second kappa shape index (κ2) is 7.14. The summed E-state index contributed by atoms with van der Waals surface area (Å²) in [5, 5.41) is 10.1. The Hall–Kier alpha value is -0.553. The zero-order valence-electron chi connectivity index (χ0n) is 10.9. The van der Waals surface area contributed by atoms with Crippen LogP contribution in [0.1, 0.15) is 24.3 Å². The molecule has 7 nitrogen and oxygen atoms in total. The number of halogens is 2. The number of rotatable bonds is 6. The number of carbonyl (C=O) groups is 1. The number of carboxylic acid groups (broad SMARTS) is 1. The molecule has 21 heavy (non-hydrogen) atoms. The molecule has 112 valence electrons. The fourth-order valence-electron chi connectivity index (χ4n) is 1.44. The summed E-state index contributed by atoms with van der Waals surface area (Å²) in [5.41, 5.74) is -0.676. The summed E-state index contributed by atoms with van der Waals surface area (Å²) >= 11 is 11.7. The van der Waals surface area contributed by atoms with E-state index in [2.05, 4.69) is 9.97 Å². The fraction of sp³-hybridized carbons (Fsp3) is 0.545. The van der Waals surface area contributed by atoms with Crippen LogP contribution in [0.25, 0.3) is 0 Å². The molecule has 0 bridgehead atoms. The summed E-state index contributed by atoms with van der Waals surface area (Å²) in [5.74, 6) is -1.16. The van der Waals surface area contributed by atoms with E-state index >= 15 is 0 Å². The minimum absolute atomic E-state index is 0. The molecule has 1 aromatic rings. The number of aromatic carboxylic acids is 1. The van der Waals surface area contributed by atoms with E-state index in [0.717, 1.165) is 0 Å². The molecule has 1 N–H and O–H groups in total. The average molecular weight is 330 g/mol. The van der Waals surface area contributed by atoms with Crippen LogP contribution in [0.3, 0.4) is 0 Å². The van der Waals surface area contributed by atoms with Crippen molar-refractivity contribution in [3.05, 3.63) is 16.0 Å². The molecule has 0 radical (unpaired) electrons. The number of epoxide rings is 1. The third kappa shape index (κ3) is 4.46. The standard InChI is InChI=1S/C11H13Cl2N3O4.Li.H/c1-3-16(20-5-11(2)4-19-11)8-6(12)7(9(17)18)14-10(13)15-8;;/h3-5H2,1-2H3,(H,17,18);;/t11-;;/m0../s1. The number of hydroxylamine groups is 1. The molecule has 0 spiro atoms. The van der Waals surface area contributed by atoms with Gasteiger partial charge in [0.25, 0.3) is 0 Å². The molecule has 10 heteroatoms. The Bertz CT molecular complexity index is 542. The number of aromatic nitrogens is 2. The summed E-state index contributed by atoms with van der Waals surface area (Å²) in [6.07, 6.45) is 0. The van der Waals surface area contributed by atoms with Crippen molar-refractivity contribution in [1.29, 1.82) is 0 Å². The molecule has 0 aliphatic carbocycles. The van der Waals surface area contributed by atoms with E-state index in [1.54, 1.807) is 0 Å². The number of carboxylic acids is 1. The quantitative estimate of drug-likeness (QED) is 0.365.